The topological polar surface area (TPSA) is 112 Å². The highest BCUT2D eigenvalue weighted by Gasteiger charge is 2.50. The summed E-state index contributed by atoms with van der Waals surface area (Å²) in [4.78, 5) is 40.0. The lowest BCUT2D eigenvalue weighted by atomic mass is 9.91. The molecular weight excluding hydrogens is 456 g/mol. The summed E-state index contributed by atoms with van der Waals surface area (Å²) in [7, 11) is 0. The van der Waals surface area contributed by atoms with Crippen LogP contribution in [-0.2, 0) is 19.9 Å². The van der Waals surface area contributed by atoms with Crippen LogP contribution in [0.3, 0.4) is 0 Å². The maximum atomic E-state index is 13.3. The highest BCUT2D eigenvalue weighted by atomic mass is 35.5. The van der Waals surface area contributed by atoms with Gasteiger partial charge in [0.25, 0.3) is 0 Å². The molecule has 1 aromatic rings. The predicted molar refractivity (Wildman–Crippen MR) is 126 cm³/mol. The number of carbonyl (C=O) groups excluding carboxylic acids is 3. The molecule has 0 bridgehead atoms. The van der Waals surface area contributed by atoms with Crippen molar-refractivity contribution in [3.63, 3.8) is 0 Å². The average molecular weight is 487 g/mol. The summed E-state index contributed by atoms with van der Waals surface area (Å²) in [5.74, 6) is -0.512. The number of ether oxygens (including phenoxy) is 1. The molecule has 1 aliphatic carbocycles. The van der Waals surface area contributed by atoms with Crippen molar-refractivity contribution >= 4 is 29.5 Å². The zero-order valence-electron chi connectivity index (χ0n) is 19.4. The number of amides is 3. The van der Waals surface area contributed by atoms with Gasteiger partial charge in [0.1, 0.15) is 17.7 Å². The fourth-order valence-electron chi connectivity index (χ4n) is 4.94. The fraction of sp³-hybridized carbons (Fsp3) is 0.600. The van der Waals surface area contributed by atoms with Gasteiger partial charge in [-0.2, -0.15) is 5.26 Å². The first-order valence-corrected chi connectivity index (χ1v) is 12.4. The Labute approximate surface area is 205 Å². The van der Waals surface area contributed by atoms with Crippen LogP contribution in [0.4, 0.5) is 4.79 Å². The van der Waals surface area contributed by atoms with E-state index in [2.05, 4.69) is 16.7 Å². The molecule has 2 aliphatic heterocycles. The number of halogens is 1. The van der Waals surface area contributed by atoms with Crippen molar-refractivity contribution in [2.45, 2.75) is 69.6 Å². The lowest BCUT2D eigenvalue weighted by Crippen LogP contribution is -2.56. The van der Waals surface area contributed by atoms with Crippen LogP contribution in [0.1, 0.15) is 57.4 Å². The second-order valence-electron chi connectivity index (χ2n) is 9.78. The average Bonchev–Trinajstić information content (AvgIpc) is 3.60. The lowest BCUT2D eigenvalue weighted by Gasteiger charge is -2.38. The first kappa shape index (κ1) is 24.3. The molecule has 2 N–H and O–H groups in total. The highest BCUT2D eigenvalue weighted by molar-refractivity contribution is 6.30. The Morgan fingerprint density at radius 1 is 1.35 bits per heavy atom. The van der Waals surface area contributed by atoms with Crippen LogP contribution in [0.2, 0.25) is 5.02 Å². The molecule has 9 heteroatoms. The van der Waals surface area contributed by atoms with Crippen LogP contribution < -0.4 is 10.6 Å². The number of likely N-dealkylation sites (tertiary alicyclic amines) is 1. The molecule has 1 aromatic carbocycles. The van der Waals surface area contributed by atoms with Crippen molar-refractivity contribution in [1.29, 1.82) is 5.26 Å². The molecule has 1 saturated carbocycles. The SMILES string of the molecule is C[C@H]1CC[C@@H](C(=O)N[C@H](C#N)C[C@@H]2CCCNC2=O)N(C(=O)OC2(c3cccc(Cl)c3)CC2)C1. The van der Waals surface area contributed by atoms with Crippen molar-refractivity contribution in [1.82, 2.24) is 15.5 Å². The molecule has 0 radical (unpaired) electrons. The van der Waals surface area contributed by atoms with E-state index in [1.165, 1.54) is 4.90 Å². The van der Waals surface area contributed by atoms with Crippen molar-refractivity contribution in [3.8, 4) is 6.07 Å². The molecule has 3 fully saturated rings. The van der Waals surface area contributed by atoms with Gasteiger partial charge in [0.2, 0.25) is 11.8 Å². The van der Waals surface area contributed by atoms with Gasteiger partial charge in [0.05, 0.1) is 6.07 Å². The Balaban J connectivity index is 1.42. The zero-order chi connectivity index (χ0) is 24.3. The Hall–Kier alpha value is -2.79. The first-order valence-electron chi connectivity index (χ1n) is 12.0. The maximum absolute atomic E-state index is 13.3. The van der Waals surface area contributed by atoms with Crippen LogP contribution >= 0.6 is 11.6 Å². The Kier molecular flexibility index (Phi) is 7.32. The van der Waals surface area contributed by atoms with E-state index in [0.29, 0.717) is 43.8 Å². The zero-order valence-corrected chi connectivity index (χ0v) is 20.1. The monoisotopic (exact) mass is 486 g/mol. The summed E-state index contributed by atoms with van der Waals surface area (Å²) < 4.78 is 5.96. The molecular formula is C25H31ClN4O4. The van der Waals surface area contributed by atoms with Crippen LogP contribution in [0.15, 0.2) is 24.3 Å². The van der Waals surface area contributed by atoms with Gasteiger partial charge >= 0.3 is 6.09 Å². The van der Waals surface area contributed by atoms with Gasteiger partial charge < -0.3 is 15.4 Å². The van der Waals surface area contributed by atoms with Crippen LogP contribution in [-0.4, -0.2) is 48.0 Å². The summed E-state index contributed by atoms with van der Waals surface area (Å²) in [5, 5.41) is 15.8. The van der Waals surface area contributed by atoms with Crippen LogP contribution in [0.25, 0.3) is 0 Å². The number of piperidine rings is 2. The Morgan fingerprint density at radius 2 is 2.15 bits per heavy atom. The Morgan fingerprint density at radius 3 is 2.82 bits per heavy atom. The van der Waals surface area contributed by atoms with Gasteiger partial charge in [-0.25, -0.2) is 4.79 Å². The van der Waals surface area contributed by atoms with Crippen molar-refractivity contribution in [2.24, 2.45) is 11.8 Å². The molecule has 3 amide bonds. The van der Waals surface area contributed by atoms with E-state index >= 15 is 0 Å². The fourth-order valence-corrected chi connectivity index (χ4v) is 5.13. The quantitative estimate of drug-likeness (QED) is 0.639. The number of carbonyl (C=O) groups is 3. The smallest absolute Gasteiger partial charge is 0.411 e. The summed E-state index contributed by atoms with van der Waals surface area (Å²) in [6.45, 7) is 3.09. The minimum absolute atomic E-state index is 0.0757. The lowest BCUT2D eigenvalue weighted by molar-refractivity contribution is -0.130. The minimum Gasteiger partial charge on any atom is -0.438 e. The number of nitrogens with one attached hydrogen (secondary N) is 2. The van der Waals surface area contributed by atoms with Gasteiger partial charge in [-0.15, -0.1) is 0 Å². The summed E-state index contributed by atoms with van der Waals surface area (Å²) >= 11 is 6.13. The normalized spacial score (nSPS) is 26.6. The van der Waals surface area contributed by atoms with E-state index in [1.54, 1.807) is 6.07 Å². The first-order chi connectivity index (χ1) is 16.3. The van der Waals surface area contributed by atoms with E-state index < -0.39 is 23.8 Å². The predicted octanol–water partition coefficient (Wildman–Crippen LogP) is 3.49. The number of nitrogens with zero attached hydrogens (tertiary/aromatic N) is 2. The third kappa shape index (κ3) is 5.47. The molecule has 4 rings (SSSR count). The molecule has 2 saturated heterocycles. The van der Waals surface area contributed by atoms with Gasteiger partial charge in [-0.1, -0.05) is 30.7 Å². The summed E-state index contributed by atoms with van der Waals surface area (Å²) in [6.07, 6.45) is 4.00. The highest BCUT2D eigenvalue weighted by Crippen LogP contribution is 2.50. The van der Waals surface area contributed by atoms with Gasteiger partial charge in [0.15, 0.2) is 0 Å². The second kappa shape index (κ2) is 10.2. The largest absolute Gasteiger partial charge is 0.438 e. The van der Waals surface area contributed by atoms with Gasteiger partial charge in [0, 0.05) is 24.0 Å². The molecule has 182 valence electrons. The number of benzene rings is 1. The van der Waals surface area contributed by atoms with E-state index in [9.17, 15) is 19.6 Å². The van der Waals surface area contributed by atoms with Crippen molar-refractivity contribution in [3.05, 3.63) is 34.9 Å². The third-order valence-electron chi connectivity index (χ3n) is 7.08. The van der Waals surface area contributed by atoms with Crippen LogP contribution in [0.5, 0.6) is 0 Å². The van der Waals surface area contributed by atoms with E-state index in [0.717, 1.165) is 18.4 Å². The molecule has 0 unspecified atom stereocenters. The van der Waals surface area contributed by atoms with E-state index in [1.807, 2.05) is 25.1 Å². The van der Waals surface area contributed by atoms with Crippen molar-refractivity contribution in [2.75, 3.05) is 13.1 Å². The number of hydrogen-bond donors (Lipinski definition) is 2. The molecule has 4 atom stereocenters. The summed E-state index contributed by atoms with van der Waals surface area (Å²) in [5.41, 5.74) is 0.155. The number of nitriles is 1. The molecule has 0 aromatic heterocycles. The third-order valence-corrected chi connectivity index (χ3v) is 7.32. The standard InChI is InChI=1S/C25H31ClN4O4/c1-16-7-8-21(23(32)29-20(14-27)12-17-4-3-11-28-22(17)31)30(15-16)24(33)34-25(9-10-25)18-5-2-6-19(26)13-18/h2,5-6,13,16-17,20-21H,3-4,7-12,15H2,1H3,(H,28,31)(H,29,32)/t16-,17-,20-,21-/m0/s1. The number of hydrogen-bond acceptors (Lipinski definition) is 5. The second-order valence-corrected chi connectivity index (χ2v) is 10.2. The molecule has 8 nitrogen and oxygen atoms in total. The molecule has 3 aliphatic rings. The van der Waals surface area contributed by atoms with Gasteiger partial charge in [-0.05, 0) is 68.6 Å². The molecule has 2 heterocycles. The van der Waals surface area contributed by atoms with Gasteiger partial charge in [-0.3, -0.25) is 14.5 Å². The summed E-state index contributed by atoms with van der Waals surface area (Å²) in [6, 6.07) is 7.92. The minimum atomic E-state index is -0.792. The van der Waals surface area contributed by atoms with Crippen LogP contribution in [0, 0.1) is 23.2 Å². The van der Waals surface area contributed by atoms with Crippen molar-refractivity contribution < 1.29 is 19.1 Å². The molecule has 34 heavy (non-hydrogen) atoms. The number of rotatable bonds is 6. The van der Waals surface area contributed by atoms with E-state index in [-0.39, 0.29) is 30.1 Å². The molecule has 0 spiro atoms. The Bertz CT molecular complexity index is 989. The maximum Gasteiger partial charge on any atom is 0.411 e. The van der Waals surface area contributed by atoms with E-state index in [4.69, 9.17) is 16.3 Å².